The van der Waals surface area contributed by atoms with Crippen molar-refractivity contribution in [2.75, 3.05) is 13.2 Å². The maximum absolute atomic E-state index is 13.7. The lowest BCUT2D eigenvalue weighted by atomic mass is 9.99. The number of nitrogens with zero attached hydrogens (tertiary/aromatic N) is 1. The predicted molar refractivity (Wildman–Crippen MR) is 129 cm³/mol. The van der Waals surface area contributed by atoms with E-state index in [4.69, 9.17) is 10.5 Å². The first-order valence-electron chi connectivity index (χ1n) is 11.3. The van der Waals surface area contributed by atoms with Gasteiger partial charge in [0, 0.05) is 18.5 Å². The molecule has 1 aromatic carbocycles. The SMILES string of the molecule is CC(C)(C)NC(=O)C(c1ccc(O)cc1)N(CCO)C(=O)C(CCC(N)=O)NC(=O)OC(C)(C)C. The first kappa shape index (κ1) is 29.7. The Morgan fingerprint density at radius 1 is 1.06 bits per heavy atom. The van der Waals surface area contributed by atoms with Crippen molar-refractivity contribution < 1.29 is 34.1 Å². The lowest BCUT2D eigenvalue weighted by Crippen LogP contribution is -2.55. The number of phenolic OH excluding ortho intramolecular Hbond substituents is 1. The molecule has 0 fully saturated rings. The molecule has 196 valence electrons. The number of aromatic hydroxyl groups is 1. The fraction of sp³-hybridized carbons (Fsp3) is 0.583. The zero-order chi connectivity index (χ0) is 27.0. The van der Waals surface area contributed by atoms with Crippen LogP contribution < -0.4 is 16.4 Å². The van der Waals surface area contributed by atoms with Gasteiger partial charge in [0.2, 0.25) is 17.7 Å². The van der Waals surface area contributed by atoms with Gasteiger partial charge in [0.15, 0.2) is 0 Å². The number of benzene rings is 1. The second kappa shape index (κ2) is 12.4. The number of phenols is 1. The molecule has 1 aromatic rings. The van der Waals surface area contributed by atoms with E-state index >= 15 is 0 Å². The van der Waals surface area contributed by atoms with Crippen LogP contribution in [0.25, 0.3) is 0 Å². The molecule has 0 heterocycles. The van der Waals surface area contributed by atoms with Crippen molar-refractivity contribution in [3.8, 4) is 5.75 Å². The van der Waals surface area contributed by atoms with Gasteiger partial charge in [-0.15, -0.1) is 0 Å². The molecule has 0 bridgehead atoms. The van der Waals surface area contributed by atoms with Gasteiger partial charge in [0.1, 0.15) is 23.4 Å². The highest BCUT2D eigenvalue weighted by molar-refractivity contribution is 5.92. The van der Waals surface area contributed by atoms with Gasteiger partial charge in [0.25, 0.3) is 0 Å². The van der Waals surface area contributed by atoms with Crippen LogP contribution in [0, 0.1) is 0 Å². The third-order valence-corrected chi connectivity index (χ3v) is 4.56. The van der Waals surface area contributed by atoms with Crippen molar-refractivity contribution in [1.29, 1.82) is 0 Å². The van der Waals surface area contributed by atoms with E-state index in [0.717, 1.165) is 4.90 Å². The van der Waals surface area contributed by atoms with E-state index in [1.54, 1.807) is 41.5 Å². The number of carbonyl (C=O) groups excluding carboxylic acids is 4. The van der Waals surface area contributed by atoms with Crippen LogP contribution in [0.1, 0.15) is 66.0 Å². The lowest BCUT2D eigenvalue weighted by Gasteiger charge is -2.35. The molecule has 4 amide bonds. The molecule has 0 saturated carbocycles. The number of aliphatic hydroxyl groups is 1. The van der Waals surface area contributed by atoms with E-state index in [9.17, 15) is 29.4 Å². The number of rotatable bonds is 10. The summed E-state index contributed by atoms with van der Waals surface area (Å²) in [4.78, 5) is 51.9. The van der Waals surface area contributed by atoms with Crippen LogP contribution in [0.15, 0.2) is 24.3 Å². The number of nitrogens with two attached hydrogens (primary N) is 1. The number of aliphatic hydroxyl groups excluding tert-OH is 1. The number of nitrogens with one attached hydrogen (secondary N) is 2. The van der Waals surface area contributed by atoms with E-state index in [1.807, 2.05) is 0 Å². The summed E-state index contributed by atoms with van der Waals surface area (Å²) in [5.74, 6) is -1.96. The molecule has 2 unspecified atom stereocenters. The van der Waals surface area contributed by atoms with E-state index in [2.05, 4.69) is 10.6 Å². The first-order valence-corrected chi connectivity index (χ1v) is 11.3. The Hall–Kier alpha value is -3.34. The molecule has 0 aliphatic heterocycles. The number of ether oxygens (including phenoxy) is 1. The third-order valence-electron chi connectivity index (χ3n) is 4.56. The number of hydrogen-bond donors (Lipinski definition) is 5. The first-order chi connectivity index (χ1) is 16.0. The number of amides is 4. The van der Waals surface area contributed by atoms with E-state index < -0.39 is 53.6 Å². The molecule has 0 radical (unpaired) electrons. The number of alkyl carbamates (subject to hydrolysis) is 1. The van der Waals surface area contributed by atoms with Crippen molar-refractivity contribution in [2.24, 2.45) is 5.73 Å². The highest BCUT2D eigenvalue weighted by Crippen LogP contribution is 2.25. The van der Waals surface area contributed by atoms with E-state index in [1.165, 1.54) is 24.3 Å². The fourth-order valence-electron chi connectivity index (χ4n) is 3.24. The molecule has 2 atom stereocenters. The summed E-state index contributed by atoms with van der Waals surface area (Å²) in [6.45, 7) is 9.57. The summed E-state index contributed by atoms with van der Waals surface area (Å²) in [5, 5.41) is 24.7. The fourth-order valence-corrected chi connectivity index (χ4v) is 3.24. The minimum Gasteiger partial charge on any atom is -0.508 e. The average molecular weight is 495 g/mol. The number of hydrogen-bond acceptors (Lipinski definition) is 7. The quantitative estimate of drug-likeness (QED) is 0.326. The molecule has 0 aliphatic carbocycles. The van der Waals surface area contributed by atoms with Crippen LogP contribution in [0.3, 0.4) is 0 Å². The second-order valence-corrected chi connectivity index (χ2v) is 10.2. The smallest absolute Gasteiger partial charge is 0.408 e. The van der Waals surface area contributed by atoms with Crippen molar-refractivity contribution in [3.05, 3.63) is 29.8 Å². The van der Waals surface area contributed by atoms with Gasteiger partial charge >= 0.3 is 6.09 Å². The molecule has 0 saturated heterocycles. The van der Waals surface area contributed by atoms with Gasteiger partial charge in [-0.05, 0) is 65.7 Å². The molecular weight excluding hydrogens is 456 g/mol. The van der Waals surface area contributed by atoms with Gasteiger partial charge in [-0.25, -0.2) is 4.79 Å². The van der Waals surface area contributed by atoms with Gasteiger partial charge in [-0.3, -0.25) is 14.4 Å². The van der Waals surface area contributed by atoms with Crippen LogP contribution in [0.5, 0.6) is 5.75 Å². The maximum Gasteiger partial charge on any atom is 0.408 e. The summed E-state index contributed by atoms with van der Waals surface area (Å²) < 4.78 is 5.24. The number of carbonyl (C=O) groups is 4. The number of primary amides is 1. The topological polar surface area (TPSA) is 171 Å². The largest absolute Gasteiger partial charge is 0.508 e. The molecule has 35 heavy (non-hydrogen) atoms. The lowest BCUT2D eigenvalue weighted by molar-refractivity contribution is -0.143. The Morgan fingerprint density at radius 3 is 2.09 bits per heavy atom. The van der Waals surface area contributed by atoms with Crippen LogP contribution in [-0.4, -0.2) is 69.3 Å². The molecule has 0 aliphatic rings. The van der Waals surface area contributed by atoms with Crippen molar-refractivity contribution in [1.82, 2.24) is 15.5 Å². The Kier molecular flexibility index (Phi) is 10.5. The highest BCUT2D eigenvalue weighted by atomic mass is 16.6. The summed E-state index contributed by atoms with van der Waals surface area (Å²) >= 11 is 0. The van der Waals surface area contributed by atoms with Crippen molar-refractivity contribution in [3.63, 3.8) is 0 Å². The predicted octanol–water partition coefficient (Wildman–Crippen LogP) is 1.33. The molecule has 0 spiro atoms. The van der Waals surface area contributed by atoms with E-state index in [0.29, 0.717) is 5.56 Å². The zero-order valence-electron chi connectivity index (χ0n) is 21.3. The average Bonchev–Trinajstić information content (AvgIpc) is 2.68. The van der Waals surface area contributed by atoms with Gasteiger partial charge in [0.05, 0.1) is 6.61 Å². The summed E-state index contributed by atoms with van der Waals surface area (Å²) in [5.41, 5.74) is 4.15. The molecular formula is C24H38N4O7. The molecule has 11 heteroatoms. The van der Waals surface area contributed by atoms with Gasteiger partial charge in [-0.1, -0.05) is 12.1 Å². The Labute approximate surface area is 206 Å². The van der Waals surface area contributed by atoms with Crippen molar-refractivity contribution in [2.45, 2.75) is 77.6 Å². The molecule has 1 rings (SSSR count). The monoisotopic (exact) mass is 494 g/mol. The van der Waals surface area contributed by atoms with Crippen LogP contribution in [-0.2, 0) is 19.1 Å². The zero-order valence-corrected chi connectivity index (χ0v) is 21.3. The Balaban J connectivity index is 3.44. The van der Waals surface area contributed by atoms with Crippen LogP contribution >= 0.6 is 0 Å². The standard InChI is InChI=1S/C24H38N4O7/c1-23(2,3)27-20(32)19(15-7-9-16(30)10-8-15)28(13-14-29)21(33)17(11-12-18(25)31)26-22(34)35-24(4,5)6/h7-10,17,19,29-30H,11-14H2,1-6H3,(H2,25,31)(H,26,34)(H,27,32). The van der Waals surface area contributed by atoms with E-state index in [-0.39, 0.29) is 25.1 Å². The molecule has 0 aromatic heterocycles. The van der Waals surface area contributed by atoms with Gasteiger partial charge < -0.3 is 36.2 Å². The normalized spacial score (nSPS) is 13.3. The summed E-state index contributed by atoms with van der Waals surface area (Å²) in [6.07, 6.45) is -1.24. The highest BCUT2D eigenvalue weighted by Gasteiger charge is 2.37. The Bertz CT molecular complexity index is 889. The molecule has 11 nitrogen and oxygen atoms in total. The third kappa shape index (κ3) is 10.6. The van der Waals surface area contributed by atoms with Crippen LogP contribution in [0.4, 0.5) is 4.79 Å². The molecule has 6 N–H and O–H groups in total. The van der Waals surface area contributed by atoms with Crippen LogP contribution in [0.2, 0.25) is 0 Å². The van der Waals surface area contributed by atoms with Gasteiger partial charge in [-0.2, -0.15) is 0 Å². The van der Waals surface area contributed by atoms with Crippen molar-refractivity contribution >= 4 is 23.8 Å². The Morgan fingerprint density at radius 2 is 1.63 bits per heavy atom. The summed E-state index contributed by atoms with van der Waals surface area (Å²) in [6, 6.07) is 3.26. The second-order valence-electron chi connectivity index (χ2n) is 10.2. The minimum atomic E-state index is -1.26. The minimum absolute atomic E-state index is 0.0327. The maximum atomic E-state index is 13.7. The summed E-state index contributed by atoms with van der Waals surface area (Å²) in [7, 11) is 0.